The van der Waals surface area contributed by atoms with Crippen molar-refractivity contribution in [3.63, 3.8) is 0 Å². The lowest BCUT2D eigenvalue weighted by Gasteiger charge is -2.33. The van der Waals surface area contributed by atoms with E-state index in [1.165, 1.54) is 32.1 Å². The number of fused-ring (bicyclic) bond motifs is 3. The number of aliphatic imine (C=N–C) groups is 2. The fraction of sp³-hybridized carbons (Fsp3) is 0.444. The van der Waals surface area contributed by atoms with Crippen molar-refractivity contribution in [1.29, 1.82) is 0 Å². The van der Waals surface area contributed by atoms with E-state index >= 15 is 0 Å². The molecule has 8 heteroatoms. The van der Waals surface area contributed by atoms with Gasteiger partial charge in [0, 0.05) is 17.4 Å². The Labute approximate surface area is 210 Å². The van der Waals surface area contributed by atoms with Crippen LogP contribution in [0.1, 0.15) is 49.7 Å². The molecule has 0 aromatic heterocycles. The molecule has 0 radical (unpaired) electrons. The maximum absolute atomic E-state index is 13.2. The average molecular weight is 494 g/mol. The van der Waals surface area contributed by atoms with E-state index < -0.39 is 0 Å². The van der Waals surface area contributed by atoms with Crippen molar-refractivity contribution in [2.75, 3.05) is 21.3 Å². The van der Waals surface area contributed by atoms with Gasteiger partial charge in [0.05, 0.1) is 27.0 Å². The molecule has 5 rings (SSSR count). The van der Waals surface area contributed by atoms with E-state index in [1.807, 2.05) is 24.3 Å². The summed E-state index contributed by atoms with van der Waals surface area (Å²) >= 11 is 1.63. The molecule has 184 valence electrons. The Bertz CT molecular complexity index is 1160. The molecular weight excluding hydrogens is 462 g/mol. The lowest BCUT2D eigenvalue weighted by atomic mass is 9.84. The second-order valence-corrected chi connectivity index (χ2v) is 10.1. The second kappa shape index (κ2) is 10.3. The Morgan fingerprint density at radius 3 is 2.34 bits per heavy atom. The SMILES string of the molecule is COc1ccc(CSC2=Nc3cc(OC)c(OC)cc3C3=NC(=O)[C@H](CC4CCCCC4)N23)cc1. The summed E-state index contributed by atoms with van der Waals surface area (Å²) < 4.78 is 16.3. The quantitative estimate of drug-likeness (QED) is 0.502. The maximum atomic E-state index is 13.2. The minimum absolute atomic E-state index is 0.0778. The molecule has 1 amide bonds. The highest BCUT2D eigenvalue weighted by Gasteiger charge is 2.43. The molecule has 0 unspecified atom stereocenters. The Hall–Kier alpha value is -3.00. The van der Waals surface area contributed by atoms with Crippen LogP contribution < -0.4 is 14.2 Å². The van der Waals surface area contributed by atoms with Crippen molar-refractivity contribution >= 4 is 34.4 Å². The van der Waals surface area contributed by atoms with Crippen LogP contribution in [0.5, 0.6) is 17.2 Å². The Morgan fingerprint density at radius 2 is 1.66 bits per heavy atom. The first-order valence-electron chi connectivity index (χ1n) is 12.1. The molecule has 35 heavy (non-hydrogen) atoms. The van der Waals surface area contributed by atoms with Crippen LogP contribution in [0.3, 0.4) is 0 Å². The number of amides is 1. The first-order valence-corrected chi connectivity index (χ1v) is 13.1. The number of methoxy groups -OCH3 is 3. The van der Waals surface area contributed by atoms with E-state index in [1.54, 1.807) is 33.1 Å². The summed E-state index contributed by atoms with van der Waals surface area (Å²) in [6.07, 6.45) is 6.95. The van der Waals surface area contributed by atoms with Gasteiger partial charge in [0.2, 0.25) is 0 Å². The van der Waals surface area contributed by atoms with E-state index in [9.17, 15) is 4.79 Å². The number of hydrogen-bond donors (Lipinski definition) is 0. The van der Waals surface area contributed by atoms with Gasteiger partial charge in [-0.2, -0.15) is 4.99 Å². The van der Waals surface area contributed by atoms with Crippen LogP contribution in [0, 0.1) is 5.92 Å². The van der Waals surface area contributed by atoms with Gasteiger partial charge in [-0.1, -0.05) is 56.0 Å². The Balaban J connectivity index is 1.49. The molecule has 7 nitrogen and oxygen atoms in total. The van der Waals surface area contributed by atoms with Crippen LogP contribution in [-0.4, -0.2) is 49.2 Å². The van der Waals surface area contributed by atoms with Gasteiger partial charge >= 0.3 is 0 Å². The number of carbonyl (C=O) groups is 1. The number of carbonyl (C=O) groups excluding carboxylic acids is 1. The fourth-order valence-corrected chi connectivity index (χ4v) is 6.12. The van der Waals surface area contributed by atoms with E-state index in [0.717, 1.165) is 39.9 Å². The molecular formula is C27H31N3O4S. The van der Waals surface area contributed by atoms with Crippen LogP contribution in [0.25, 0.3) is 0 Å². The summed E-state index contributed by atoms with van der Waals surface area (Å²) in [4.78, 5) is 24.9. The van der Waals surface area contributed by atoms with Crippen molar-refractivity contribution in [2.24, 2.45) is 15.9 Å². The molecule has 0 spiro atoms. The molecule has 1 saturated carbocycles. The van der Waals surface area contributed by atoms with Gasteiger partial charge < -0.3 is 14.2 Å². The monoisotopic (exact) mass is 493 g/mol. The van der Waals surface area contributed by atoms with E-state index in [4.69, 9.17) is 19.2 Å². The predicted molar refractivity (Wildman–Crippen MR) is 139 cm³/mol. The minimum atomic E-state index is -0.309. The van der Waals surface area contributed by atoms with Crippen molar-refractivity contribution in [3.8, 4) is 17.2 Å². The van der Waals surface area contributed by atoms with Gasteiger partial charge in [0.25, 0.3) is 5.91 Å². The van der Waals surface area contributed by atoms with Crippen LogP contribution in [0.15, 0.2) is 46.4 Å². The third-order valence-corrected chi connectivity index (χ3v) is 8.04. The molecule has 1 aliphatic carbocycles. The topological polar surface area (TPSA) is 72.7 Å². The number of benzene rings is 2. The summed E-state index contributed by atoms with van der Waals surface area (Å²) in [7, 11) is 4.88. The highest BCUT2D eigenvalue weighted by molar-refractivity contribution is 8.13. The molecule has 0 N–H and O–H groups in total. The van der Waals surface area contributed by atoms with Gasteiger partial charge in [-0.05, 0) is 36.1 Å². The van der Waals surface area contributed by atoms with Crippen molar-refractivity contribution in [3.05, 3.63) is 47.5 Å². The number of rotatable bonds is 7. The zero-order valence-electron chi connectivity index (χ0n) is 20.5. The zero-order valence-corrected chi connectivity index (χ0v) is 21.3. The highest BCUT2D eigenvalue weighted by atomic mass is 32.2. The standard InChI is InChI=1S/C27H31N3O4S/c1-32-19-11-9-18(10-12-19)16-35-27-28-21-15-24(34-3)23(33-2)14-20(21)25-29-26(31)22(30(25)27)13-17-7-5-4-6-8-17/h9-12,14-15,17,22H,4-8,13,16H2,1-3H3/t22-/m0/s1. The van der Waals surface area contributed by atoms with Crippen molar-refractivity contribution in [1.82, 2.24) is 4.90 Å². The summed E-state index contributed by atoms with van der Waals surface area (Å²) in [5, 5.41) is 0.797. The number of hydrogen-bond acceptors (Lipinski definition) is 7. The van der Waals surface area contributed by atoms with Gasteiger partial charge in [0.1, 0.15) is 17.6 Å². The summed E-state index contributed by atoms with van der Waals surface area (Å²) in [5.41, 5.74) is 2.70. The van der Waals surface area contributed by atoms with Gasteiger partial charge in [-0.3, -0.25) is 9.69 Å². The molecule has 2 aliphatic heterocycles. The molecule has 0 bridgehead atoms. The fourth-order valence-electron chi connectivity index (χ4n) is 5.12. The zero-order chi connectivity index (χ0) is 24.4. The van der Waals surface area contributed by atoms with Crippen molar-refractivity contribution in [2.45, 2.75) is 50.3 Å². The summed E-state index contributed by atoms with van der Waals surface area (Å²) in [5.74, 6) is 3.89. The number of ether oxygens (including phenoxy) is 3. The average Bonchev–Trinajstić information content (AvgIpc) is 3.23. The molecule has 2 heterocycles. The first-order chi connectivity index (χ1) is 17.1. The molecule has 2 aromatic rings. The molecule has 1 atom stereocenters. The molecule has 0 saturated heterocycles. The van der Waals surface area contributed by atoms with Crippen LogP contribution in [0.2, 0.25) is 0 Å². The summed E-state index contributed by atoms with van der Waals surface area (Å²) in [6.45, 7) is 0. The third-order valence-electron chi connectivity index (χ3n) is 7.01. The normalized spacial score (nSPS) is 19.6. The number of thioether (sulfide) groups is 1. The lowest BCUT2D eigenvalue weighted by molar-refractivity contribution is -0.120. The highest BCUT2D eigenvalue weighted by Crippen LogP contribution is 2.42. The van der Waals surface area contributed by atoms with Crippen LogP contribution in [0.4, 0.5) is 5.69 Å². The van der Waals surface area contributed by atoms with E-state index in [2.05, 4.69) is 22.0 Å². The minimum Gasteiger partial charge on any atom is -0.497 e. The number of nitrogens with zero attached hydrogens (tertiary/aromatic N) is 3. The Morgan fingerprint density at radius 1 is 0.943 bits per heavy atom. The summed E-state index contributed by atoms with van der Waals surface area (Å²) in [6, 6.07) is 11.5. The van der Waals surface area contributed by atoms with Gasteiger partial charge in [-0.25, -0.2) is 4.99 Å². The van der Waals surface area contributed by atoms with Gasteiger partial charge in [-0.15, -0.1) is 0 Å². The largest absolute Gasteiger partial charge is 0.497 e. The van der Waals surface area contributed by atoms with Crippen LogP contribution in [-0.2, 0) is 10.5 Å². The first kappa shape index (κ1) is 23.7. The molecule has 3 aliphatic rings. The number of amidine groups is 2. The van der Waals surface area contributed by atoms with Crippen LogP contribution >= 0.6 is 11.8 Å². The lowest BCUT2D eigenvalue weighted by Crippen LogP contribution is -2.44. The second-order valence-electron chi connectivity index (χ2n) is 9.15. The predicted octanol–water partition coefficient (Wildman–Crippen LogP) is 5.57. The molecule has 1 fully saturated rings. The smallest absolute Gasteiger partial charge is 0.270 e. The third kappa shape index (κ3) is 4.76. The van der Waals surface area contributed by atoms with E-state index in [0.29, 0.717) is 23.3 Å². The van der Waals surface area contributed by atoms with E-state index in [-0.39, 0.29) is 11.9 Å². The molecule has 2 aromatic carbocycles. The van der Waals surface area contributed by atoms with Gasteiger partial charge in [0.15, 0.2) is 16.7 Å². The maximum Gasteiger partial charge on any atom is 0.270 e. The Kier molecular flexibility index (Phi) is 7.00. The van der Waals surface area contributed by atoms with Crippen molar-refractivity contribution < 1.29 is 19.0 Å².